The quantitative estimate of drug-likeness (QED) is 0.467. The molecule has 0 saturated carbocycles. The highest BCUT2D eigenvalue weighted by molar-refractivity contribution is 8.13. The lowest BCUT2D eigenvalue weighted by Gasteiger charge is -1.99. The molecule has 64 valence electrons. The van der Waals surface area contributed by atoms with Gasteiger partial charge in [0.05, 0.1) is 18.3 Å². The summed E-state index contributed by atoms with van der Waals surface area (Å²) in [6.07, 6.45) is 0.449. The summed E-state index contributed by atoms with van der Waals surface area (Å²) in [4.78, 5) is 10.7. The van der Waals surface area contributed by atoms with E-state index in [-0.39, 0.29) is 5.75 Å². The molecule has 0 bridgehead atoms. The summed E-state index contributed by atoms with van der Waals surface area (Å²) >= 11 is 0. The fourth-order valence-electron chi connectivity index (χ4n) is 0.929. The molecule has 1 aliphatic rings. The largest absolute Gasteiger partial charge is 0.465 e. The van der Waals surface area contributed by atoms with Crippen LogP contribution < -0.4 is 0 Å². The van der Waals surface area contributed by atoms with E-state index in [0.29, 0.717) is 13.0 Å². The molecule has 0 radical (unpaired) electrons. The minimum absolute atomic E-state index is 0.301. The van der Waals surface area contributed by atoms with Gasteiger partial charge in [-0.1, -0.05) is 0 Å². The van der Waals surface area contributed by atoms with Gasteiger partial charge in [0.15, 0.2) is 0 Å². The Balaban J connectivity index is 2.57. The van der Waals surface area contributed by atoms with Crippen LogP contribution in [0.5, 0.6) is 0 Å². The third-order valence-corrected chi connectivity index (χ3v) is 2.62. The fraction of sp³-hybridized carbons (Fsp3) is 0.800. The normalized spacial score (nSPS) is 25.2. The van der Waals surface area contributed by atoms with E-state index in [1.54, 1.807) is 0 Å². The summed E-state index contributed by atoms with van der Waals surface area (Å²) in [5.41, 5.74) is 0. The van der Waals surface area contributed by atoms with Gasteiger partial charge >= 0.3 is 5.97 Å². The summed E-state index contributed by atoms with van der Waals surface area (Å²) in [5, 5.41) is 0. The monoisotopic (exact) mass is 198 g/mol. The van der Waals surface area contributed by atoms with Gasteiger partial charge in [-0.15, -0.1) is 0 Å². The first-order chi connectivity index (χ1) is 4.99. The molecule has 1 heterocycles. The van der Waals surface area contributed by atoms with Gasteiger partial charge in [0.25, 0.3) is 0 Å². The number of rotatable bonds is 2. The zero-order chi connectivity index (χ0) is 8.48. The van der Waals surface area contributed by atoms with Crippen LogP contribution in [0.25, 0.3) is 0 Å². The predicted octanol–water partition coefficient (Wildman–Crippen LogP) is 0.118. The number of esters is 1. The number of halogens is 1. The van der Waals surface area contributed by atoms with Crippen LogP contribution in [-0.4, -0.2) is 26.7 Å². The second-order valence-corrected chi connectivity index (χ2v) is 5.18. The van der Waals surface area contributed by atoms with Crippen molar-refractivity contribution in [3.63, 3.8) is 0 Å². The SMILES string of the molecule is O=C1OCCC1CS(=O)(=O)Cl. The molecule has 0 aromatic heterocycles. The van der Waals surface area contributed by atoms with Crippen LogP contribution >= 0.6 is 10.7 Å². The van der Waals surface area contributed by atoms with E-state index < -0.39 is 20.9 Å². The molecule has 1 saturated heterocycles. The van der Waals surface area contributed by atoms with Gasteiger partial charge < -0.3 is 4.74 Å². The van der Waals surface area contributed by atoms with Crippen molar-refractivity contribution in [3.05, 3.63) is 0 Å². The van der Waals surface area contributed by atoms with Gasteiger partial charge in [0.2, 0.25) is 9.05 Å². The zero-order valence-corrected chi connectivity index (χ0v) is 7.19. The van der Waals surface area contributed by atoms with Crippen LogP contribution in [0.4, 0.5) is 0 Å². The van der Waals surface area contributed by atoms with E-state index in [1.165, 1.54) is 0 Å². The number of carbonyl (C=O) groups is 1. The van der Waals surface area contributed by atoms with Crippen LogP contribution in [0.2, 0.25) is 0 Å². The molecule has 0 aromatic carbocycles. The lowest BCUT2D eigenvalue weighted by atomic mass is 10.1. The number of hydrogen-bond donors (Lipinski definition) is 0. The molecule has 1 unspecified atom stereocenters. The van der Waals surface area contributed by atoms with Crippen molar-refractivity contribution in [2.75, 3.05) is 12.4 Å². The molecule has 0 aromatic rings. The molecule has 0 aliphatic carbocycles. The van der Waals surface area contributed by atoms with Crippen molar-refractivity contribution in [1.82, 2.24) is 0 Å². The smallest absolute Gasteiger partial charge is 0.310 e. The Morgan fingerprint density at radius 1 is 1.64 bits per heavy atom. The first-order valence-corrected chi connectivity index (χ1v) is 5.56. The Kier molecular flexibility index (Phi) is 2.39. The molecule has 0 N–H and O–H groups in total. The molecule has 4 nitrogen and oxygen atoms in total. The first-order valence-electron chi connectivity index (χ1n) is 3.08. The molecule has 1 fully saturated rings. The molecule has 1 aliphatic heterocycles. The van der Waals surface area contributed by atoms with Gasteiger partial charge in [-0.25, -0.2) is 8.42 Å². The summed E-state index contributed by atoms with van der Waals surface area (Å²) in [6.45, 7) is 0.301. The lowest BCUT2D eigenvalue weighted by Crippen LogP contribution is -2.16. The van der Waals surface area contributed by atoms with E-state index in [0.717, 1.165) is 0 Å². The minimum atomic E-state index is -3.57. The Morgan fingerprint density at radius 2 is 2.27 bits per heavy atom. The molecule has 1 rings (SSSR count). The Labute approximate surface area is 68.9 Å². The second kappa shape index (κ2) is 2.98. The maximum Gasteiger partial charge on any atom is 0.310 e. The fourth-order valence-corrected chi connectivity index (χ4v) is 2.17. The number of hydrogen-bond acceptors (Lipinski definition) is 4. The van der Waals surface area contributed by atoms with Crippen LogP contribution in [-0.2, 0) is 18.6 Å². The van der Waals surface area contributed by atoms with Gasteiger partial charge in [-0.2, -0.15) is 0 Å². The van der Waals surface area contributed by atoms with Crippen LogP contribution in [0, 0.1) is 5.92 Å². The predicted molar refractivity (Wildman–Crippen MR) is 38.7 cm³/mol. The Hall–Kier alpha value is -0.290. The number of ether oxygens (including phenoxy) is 1. The topological polar surface area (TPSA) is 60.4 Å². The van der Waals surface area contributed by atoms with Crippen LogP contribution in [0.15, 0.2) is 0 Å². The third-order valence-electron chi connectivity index (χ3n) is 1.44. The van der Waals surface area contributed by atoms with Crippen molar-refractivity contribution in [1.29, 1.82) is 0 Å². The zero-order valence-electron chi connectivity index (χ0n) is 5.62. The maximum atomic E-state index is 10.7. The van der Waals surface area contributed by atoms with Crippen LogP contribution in [0.3, 0.4) is 0 Å². The molecule has 1 atom stereocenters. The van der Waals surface area contributed by atoms with E-state index in [2.05, 4.69) is 4.74 Å². The van der Waals surface area contributed by atoms with Crippen LogP contribution in [0.1, 0.15) is 6.42 Å². The van der Waals surface area contributed by atoms with E-state index in [4.69, 9.17) is 10.7 Å². The summed E-state index contributed by atoms with van der Waals surface area (Å²) < 4.78 is 25.5. The van der Waals surface area contributed by atoms with Crippen molar-refractivity contribution in [2.45, 2.75) is 6.42 Å². The number of carbonyl (C=O) groups excluding carboxylic acids is 1. The standard InChI is InChI=1S/C5H7ClO4S/c6-11(8,9)3-4-1-2-10-5(4)7/h4H,1-3H2. The summed E-state index contributed by atoms with van der Waals surface area (Å²) in [6, 6.07) is 0. The summed E-state index contributed by atoms with van der Waals surface area (Å²) in [7, 11) is 1.37. The highest BCUT2D eigenvalue weighted by atomic mass is 35.7. The molecule has 11 heavy (non-hydrogen) atoms. The molecular formula is C5H7ClO4S. The molecule has 0 amide bonds. The van der Waals surface area contributed by atoms with E-state index >= 15 is 0 Å². The molecule has 6 heteroatoms. The molecular weight excluding hydrogens is 192 g/mol. The second-order valence-electron chi connectivity index (χ2n) is 2.36. The van der Waals surface area contributed by atoms with Crippen molar-refractivity contribution in [3.8, 4) is 0 Å². The molecule has 0 spiro atoms. The average molecular weight is 199 g/mol. The average Bonchev–Trinajstić information content (AvgIpc) is 2.12. The summed E-state index contributed by atoms with van der Waals surface area (Å²) in [5.74, 6) is -1.33. The highest BCUT2D eigenvalue weighted by Crippen LogP contribution is 2.17. The third kappa shape index (κ3) is 2.67. The van der Waals surface area contributed by atoms with Crippen molar-refractivity contribution < 1.29 is 17.9 Å². The van der Waals surface area contributed by atoms with Gasteiger partial charge in [0, 0.05) is 10.7 Å². The Bertz CT molecular complexity index is 258. The highest BCUT2D eigenvalue weighted by Gasteiger charge is 2.30. The maximum absolute atomic E-state index is 10.7. The minimum Gasteiger partial charge on any atom is -0.465 e. The van der Waals surface area contributed by atoms with Gasteiger partial charge in [-0.05, 0) is 6.42 Å². The van der Waals surface area contributed by atoms with E-state index in [1.807, 2.05) is 0 Å². The van der Waals surface area contributed by atoms with Gasteiger partial charge in [-0.3, -0.25) is 4.79 Å². The Morgan fingerprint density at radius 3 is 2.64 bits per heavy atom. The first kappa shape index (κ1) is 8.80. The van der Waals surface area contributed by atoms with Gasteiger partial charge in [0.1, 0.15) is 0 Å². The van der Waals surface area contributed by atoms with Crippen molar-refractivity contribution in [2.24, 2.45) is 5.92 Å². The van der Waals surface area contributed by atoms with Crippen molar-refractivity contribution >= 4 is 25.7 Å². The van der Waals surface area contributed by atoms with E-state index in [9.17, 15) is 13.2 Å². The number of cyclic esters (lactones) is 1. The lowest BCUT2D eigenvalue weighted by molar-refractivity contribution is -0.140.